The average Bonchev–Trinajstić information content (AvgIpc) is 2.84. The number of Topliss-reactive ketones (excluding diaryl/α,β-unsaturated/α-hetero) is 1. The van der Waals surface area contributed by atoms with Crippen LogP contribution in [0.1, 0.15) is 71.8 Å². The molecule has 0 spiro atoms. The van der Waals surface area contributed by atoms with Crippen LogP contribution in [-0.2, 0) is 4.79 Å². The number of ketones is 1. The normalized spacial score (nSPS) is 29.8. The molecule has 0 amide bonds. The van der Waals surface area contributed by atoms with Crippen molar-refractivity contribution in [3.05, 3.63) is 18.0 Å². The fourth-order valence-corrected chi connectivity index (χ4v) is 6.06. The summed E-state index contributed by atoms with van der Waals surface area (Å²) in [6, 6.07) is 1.47. The summed E-state index contributed by atoms with van der Waals surface area (Å²) in [5.74, 6) is 1.81. The van der Waals surface area contributed by atoms with Gasteiger partial charge in [0, 0.05) is 75.7 Å². The summed E-state index contributed by atoms with van der Waals surface area (Å²) in [6.45, 7) is 17.3. The summed E-state index contributed by atoms with van der Waals surface area (Å²) < 4.78 is 0. The first-order chi connectivity index (χ1) is 16.7. The number of carbonyl (C=O) groups is 1. The van der Waals surface area contributed by atoms with Crippen LogP contribution in [-0.4, -0.2) is 101 Å². The van der Waals surface area contributed by atoms with Gasteiger partial charge in [-0.05, 0) is 57.9 Å². The number of hydrogen-bond donors (Lipinski definition) is 1. The first-order valence-corrected chi connectivity index (χ1v) is 13.8. The second kappa shape index (κ2) is 11.6. The molecule has 4 rings (SSSR count). The van der Waals surface area contributed by atoms with Crippen LogP contribution in [0.4, 0.5) is 5.95 Å². The second-order valence-electron chi connectivity index (χ2n) is 11.6. The fourth-order valence-electron chi connectivity index (χ4n) is 6.06. The van der Waals surface area contributed by atoms with Crippen molar-refractivity contribution in [2.45, 2.75) is 90.5 Å². The number of hydrogen-bond acceptors (Lipinski definition) is 8. The fraction of sp³-hybridized carbons (Fsp3) is 0.815. The Balaban J connectivity index is 1.25. The van der Waals surface area contributed by atoms with Crippen molar-refractivity contribution in [2.75, 3.05) is 50.7 Å². The van der Waals surface area contributed by atoms with Crippen LogP contribution < -0.4 is 10.6 Å². The molecule has 1 aromatic rings. The Morgan fingerprint density at radius 1 is 1.00 bits per heavy atom. The van der Waals surface area contributed by atoms with Crippen LogP contribution in [0.2, 0.25) is 0 Å². The number of nitrogens with zero attached hydrogens (tertiary/aromatic N) is 6. The lowest BCUT2D eigenvalue weighted by Crippen LogP contribution is -2.63. The van der Waals surface area contributed by atoms with E-state index in [1.54, 1.807) is 0 Å². The van der Waals surface area contributed by atoms with E-state index in [0.29, 0.717) is 36.4 Å². The van der Waals surface area contributed by atoms with Crippen LogP contribution in [0.25, 0.3) is 0 Å². The van der Waals surface area contributed by atoms with E-state index in [-0.39, 0.29) is 12.1 Å². The summed E-state index contributed by atoms with van der Waals surface area (Å²) in [4.78, 5) is 31.2. The summed E-state index contributed by atoms with van der Waals surface area (Å²) in [6.07, 6.45) is 8.88. The zero-order valence-corrected chi connectivity index (χ0v) is 22.6. The minimum absolute atomic E-state index is 0.0774. The second-order valence-corrected chi connectivity index (χ2v) is 11.6. The largest absolute Gasteiger partial charge is 0.320 e. The highest BCUT2D eigenvalue weighted by molar-refractivity contribution is 5.82. The van der Waals surface area contributed by atoms with Gasteiger partial charge in [0.25, 0.3) is 0 Å². The van der Waals surface area contributed by atoms with E-state index in [1.165, 1.54) is 31.2 Å². The smallest absolute Gasteiger partial charge is 0.226 e. The maximum Gasteiger partial charge on any atom is 0.226 e. The van der Waals surface area contributed by atoms with Gasteiger partial charge in [-0.1, -0.05) is 13.8 Å². The Kier molecular flexibility index (Phi) is 8.79. The molecular formula is C27H47N7O. The van der Waals surface area contributed by atoms with E-state index < -0.39 is 0 Å². The SMILES string of the molecule is CC(C)C(=O)CN1CCN(C2CCC(c3cnc(N4C(C)CN(C(C)C)CC4N)nc3)CC2)CC1. The van der Waals surface area contributed by atoms with E-state index in [0.717, 1.165) is 45.2 Å². The van der Waals surface area contributed by atoms with E-state index in [2.05, 4.69) is 40.4 Å². The van der Waals surface area contributed by atoms with Crippen molar-refractivity contribution in [1.29, 1.82) is 0 Å². The van der Waals surface area contributed by atoms with Gasteiger partial charge in [-0.2, -0.15) is 0 Å². The number of carbonyl (C=O) groups excluding carboxylic acids is 1. The molecule has 2 saturated heterocycles. The topological polar surface area (TPSA) is 81.8 Å². The van der Waals surface area contributed by atoms with Crippen molar-refractivity contribution in [3.63, 3.8) is 0 Å². The van der Waals surface area contributed by atoms with E-state index >= 15 is 0 Å². The molecule has 0 bridgehead atoms. The molecular weight excluding hydrogens is 438 g/mol. The lowest BCUT2D eigenvalue weighted by Gasteiger charge is -2.45. The summed E-state index contributed by atoms with van der Waals surface area (Å²) >= 11 is 0. The molecule has 2 unspecified atom stereocenters. The molecule has 1 aromatic heterocycles. The monoisotopic (exact) mass is 485 g/mol. The van der Waals surface area contributed by atoms with Crippen molar-refractivity contribution in [2.24, 2.45) is 11.7 Å². The summed E-state index contributed by atoms with van der Waals surface area (Å²) in [7, 11) is 0. The molecule has 3 aliphatic rings. The van der Waals surface area contributed by atoms with Crippen LogP contribution in [0.3, 0.4) is 0 Å². The Labute approximate surface area is 212 Å². The van der Waals surface area contributed by atoms with E-state index in [9.17, 15) is 4.79 Å². The summed E-state index contributed by atoms with van der Waals surface area (Å²) in [5, 5.41) is 0. The third-order valence-electron chi connectivity index (χ3n) is 8.49. The molecule has 3 fully saturated rings. The highest BCUT2D eigenvalue weighted by Gasteiger charge is 2.33. The third-order valence-corrected chi connectivity index (χ3v) is 8.49. The van der Waals surface area contributed by atoms with Crippen molar-refractivity contribution < 1.29 is 4.79 Å². The standard InChI is InChI=1S/C27H47N7O/c1-19(2)25(35)17-31-10-12-32(13-11-31)24-8-6-22(7-9-24)23-14-29-27(30-15-23)34-21(5)16-33(20(3)4)18-26(34)28/h14-15,19-22,24,26H,6-13,16-18,28H2,1-5H3. The molecule has 196 valence electrons. The maximum atomic E-state index is 12.1. The van der Waals surface area contributed by atoms with Crippen LogP contribution in [0.15, 0.2) is 12.4 Å². The van der Waals surface area contributed by atoms with Gasteiger partial charge in [-0.25, -0.2) is 9.97 Å². The first-order valence-electron chi connectivity index (χ1n) is 13.8. The minimum Gasteiger partial charge on any atom is -0.320 e. The molecule has 8 heteroatoms. The molecule has 2 atom stereocenters. The molecule has 0 aromatic carbocycles. The van der Waals surface area contributed by atoms with Crippen molar-refractivity contribution in [1.82, 2.24) is 24.7 Å². The highest BCUT2D eigenvalue weighted by Crippen LogP contribution is 2.35. The third kappa shape index (κ3) is 6.40. The Morgan fingerprint density at radius 3 is 2.17 bits per heavy atom. The van der Waals surface area contributed by atoms with Crippen LogP contribution in [0.5, 0.6) is 0 Å². The number of aromatic nitrogens is 2. The zero-order valence-electron chi connectivity index (χ0n) is 22.6. The zero-order chi connectivity index (χ0) is 25.1. The van der Waals surface area contributed by atoms with Gasteiger partial charge >= 0.3 is 0 Å². The number of nitrogens with two attached hydrogens (primary N) is 1. The van der Waals surface area contributed by atoms with Gasteiger partial charge in [0.15, 0.2) is 0 Å². The van der Waals surface area contributed by atoms with Gasteiger partial charge in [-0.15, -0.1) is 0 Å². The Morgan fingerprint density at radius 2 is 1.63 bits per heavy atom. The summed E-state index contributed by atoms with van der Waals surface area (Å²) in [5.41, 5.74) is 7.79. The molecule has 2 N–H and O–H groups in total. The maximum absolute atomic E-state index is 12.1. The lowest BCUT2D eigenvalue weighted by molar-refractivity contribution is -0.123. The minimum atomic E-state index is -0.0774. The van der Waals surface area contributed by atoms with Gasteiger partial charge in [0.1, 0.15) is 5.78 Å². The van der Waals surface area contributed by atoms with Gasteiger partial charge in [0.05, 0.1) is 12.7 Å². The first kappa shape index (κ1) is 26.5. The Hall–Kier alpha value is -1.61. The molecule has 3 heterocycles. The van der Waals surface area contributed by atoms with Gasteiger partial charge in [-0.3, -0.25) is 19.5 Å². The molecule has 1 aliphatic carbocycles. The lowest BCUT2D eigenvalue weighted by atomic mass is 9.82. The quantitative estimate of drug-likeness (QED) is 0.631. The number of anilines is 1. The Bertz CT molecular complexity index is 801. The van der Waals surface area contributed by atoms with Gasteiger partial charge in [0.2, 0.25) is 5.95 Å². The molecule has 0 radical (unpaired) electrons. The molecule has 8 nitrogen and oxygen atoms in total. The van der Waals surface area contributed by atoms with Crippen molar-refractivity contribution in [3.8, 4) is 0 Å². The van der Waals surface area contributed by atoms with Gasteiger partial charge < -0.3 is 10.6 Å². The van der Waals surface area contributed by atoms with Crippen LogP contribution in [0, 0.1) is 5.92 Å². The predicted molar refractivity (Wildman–Crippen MR) is 142 cm³/mol. The molecule has 35 heavy (non-hydrogen) atoms. The molecule has 1 saturated carbocycles. The van der Waals surface area contributed by atoms with E-state index in [4.69, 9.17) is 15.7 Å². The highest BCUT2D eigenvalue weighted by atomic mass is 16.1. The van der Waals surface area contributed by atoms with Crippen molar-refractivity contribution >= 4 is 11.7 Å². The van der Waals surface area contributed by atoms with E-state index in [1.807, 2.05) is 26.2 Å². The average molecular weight is 486 g/mol. The van der Waals surface area contributed by atoms with Crippen LogP contribution >= 0.6 is 0 Å². The molecule has 2 aliphatic heterocycles. The predicted octanol–water partition coefficient (Wildman–Crippen LogP) is 2.55. The number of piperazine rings is 2. The number of rotatable bonds is 7.